The predicted octanol–water partition coefficient (Wildman–Crippen LogP) is 1.49. The van der Waals surface area contributed by atoms with Crippen LogP contribution in [0.5, 0.6) is 5.75 Å². The van der Waals surface area contributed by atoms with Gasteiger partial charge in [-0.05, 0) is 38.1 Å². The third-order valence-corrected chi connectivity index (χ3v) is 4.62. The molecule has 140 valence electrons. The molecule has 3 N–H and O–H groups in total. The molecule has 9 nitrogen and oxygen atoms in total. The Balaban J connectivity index is 2.20. The summed E-state index contributed by atoms with van der Waals surface area (Å²) in [6, 6.07) is 5.40. The summed E-state index contributed by atoms with van der Waals surface area (Å²) < 4.78 is 35.1. The molecule has 1 heterocycles. The van der Waals surface area contributed by atoms with Gasteiger partial charge in [-0.25, -0.2) is 8.42 Å². The molecule has 2 aromatic rings. The number of benzene rings is 1. The third kappa shape index (κ3) is 4.41. The molecular weight excluding hydrogens is 362 g/mol. The number of hydrazine groups is 1. The molecule has 26 heavy (non-hydrogen) atoms. The number of sulfonamides is 1. The largest absolute Gasteiger partial charge is 0.495 e. The van der Waals surface area contributed by atoms with Crippen molar-refractivity contribution >= 4 is 27.5 Å². The van der Waals surface area contributed by atoms with E-state index in [1.165, 1.54) is 38.3 Å². The van der Waals surface area contributed by atoms with Crippen molar-refractivity contribution in [2.24, 2.45) is 0 Å². The number of furan rings is 1. The Kier molecular flexibility index (Phi) is 5.68. The second kappa shape index (κ2) is 7.58. The number of methoxy groups -OCH3 is 1. The number of amides is 2. The fraction of sp³-hybridized carbons (Fsp3) is 0.250. The molecule has 1 aromatic carbocycles. The summed E-state index contributed by atoms with van der Waals surface area (Å²) in [5.41, 5.74) is 2.54. The lowest BCUT2D eigenvalue weighted by molar-refractivity contribution is -0.114. The fourth-order valence-electron chi connectivity index (χ4n) is 2.24. The molecule has 0 saturated carbocycles. The van der Waals surface area contributed by atoms with Gasteiger partial charge in [-0.15, -0.1) is 4.83 Å². The summed E-state index contributed by atoms with van der Waals surface area (Å²) >= 11 is 0. The minimum absolute atomic E-state index is 0.164. The van der Waals surface area contributed by atoms with Crippen LogP contribution in [0.1, 0.15) is 28.8 Å². The zero-order valence-electron chi connectivity index (χ0n) is 14.7. The van der Waals surface area contributed by atoms with Gasteiger partial charge in [0.2, 0.25) is 5.91 Å². The van der Waals surface area contributed by atoms with Crippen molar-refractivity contribution in [2.75, 3.05) is 12.4 Å². The Morgan fingerprint density at radius 3 is 2.38 bits per heavy atom. The number of anilines is 1. The van der Waals surface area contributed by atoms with Crippen LogP contribution in [0.4, 0.5) is 5.69 Å². The number of carbonyl (C=O) groups excluding carboxylic acids is 2. The Morgan fingerprint density at radius 2 is 1.85 bits per heavy atom. The van der Waals surface area contributed by atoms with Crippen LogP contribution in [0.2, 0.25) is 0 Å². The number of hydrogen-bond donors (Lipinski definition) is 3. The van der Waals surface area contributed by atoms with Gasteiger partial charge in [0.25, 0.3) is 15.9 Å². The number of carbonyl (C=O) groups is 2. The number of aryl methyl sites for hydroxylation is 2. The molecule has 1 aromatic heterocycles. The summed E-state index contributed by atoms with van der Waals surface area (Å²) in [4.78, 5) is 25.2. The Hall–Kier alpha value is -2.85. The molecule has 0 saturated heterocycles. The smallest absolute Gasteiger partial charge is 0.269 e. The first-order valence-electron chi connectivity index (χ1n) is 7.49. The lowest BCUT2D eigenvalue weighted by atomic mass is 10.2. The molecule has 0 bridgehead atoms. The Morgan fingerprint density at radius 1 is 1.15 bits per heavy atom. The van der Waals surface area contributed by atoms with E-state index in [-0.39, 0.29) is 22.1 Å². The van der Waals surface area contributed by atoms with Crippen LogP contribution in [-0.2, 0) is 14.8 Å². The van der Waals surface area contributed by atoms with E-state index in [1.54, 1.807) is 13.8 Å². The van der Waals surface area contributed by atoms with Gasteiger partial charge in [0, 0.05) is 6.92 Å². The quantitative estimate of drug-likeness (QED) is 0.651. The van der Waals surface area contributed by atoms with Crippen LogP contribution in [0.15, 0.2) is 33.6 Å². The molecule has 0 aliphatic carbocycles. The zero-order chi connectivity index (χ0) is 19.5. The lowest BCUT2D eigenvalue weighted by Crippen LogP contribution is -2.41. The summed E-state index contributed by atoms with van der Waals surface area (Å²) in [7, 11) is -2.68. The molecule has 0 radical (unpaired) electrons. The molecule has 0 aliphatic rings. The molecule has 2 rings (SSSR count). The van der Waals surface area contributed by atoms with Crippen molar-refractivity contribution in [1.29, 1.82) is 0 Å². The van der Waals surface area contributed by atoms with Gasteiger partial charge in [-0.2, -0.15) is 0 Å². The van der Waals surface area contributed by atoms with E-state index in [0.29, 0.717) is 17.3 Å². The molecule has 2 amide bonds. The fourth-order valence-corrected chi connectivity index (χ4v) is 3.10. The molecule has 0 aliphatic heterocycles. The van der Waals surface area contributed by atoms with E-state index in [0.717, 1.165) is 0 Å². The predicted molar refractivity (Wildman–Crippen MR) is 93.3 cm³/mol. The first-order chi connectivity index (χ1) is 12.1. The first-order valence-corrected chi connectivity index (χ1v) is 8.97. The van der Waals surface area contributed by atoms with Crippen molar-refractivity contribution in [2.45, 2.75) is 25.7 Å². The van der Waals surface area contributed by atoms with Crippen LogP contribution in [-0.4, -0.2) is 27.3 Å². The van der Waals surface area contributed by atoms with E-state index < -0.39 is 15.9 Å². The second-order valence-electron chi connectivity index (χ2n) is 5.43. The molecule has 10 heteroatoms. The topological polar surface area (TPSA) is 127 Å². The SMILES string of the molecule is COc1ccc(S(=O)(=O)NNC(=O)c2cc(C)oc2C)cc1NC(C)=O. The highest BCUT2D eigenvalue weighted by Gasteiger charge is 2.20. The Bertz CT molecular complexity index is 949. The van der Waals surface area contributed by atoms with Crippen LogP contribution in [0.3, 0.4) is 0 Å². The van der Waals surface area contributed by atoms with Crippen molar-refractivity contribution in [1.82, 2.24) is 10.3 Å². The van der Waals surface area contributed by atoms with Crippen molar-refractivity contribution in [3.8, 4) is 5.75 Å². The number of rotatable bonds is 6. The molecule has 0 unspecified atom stereocenters. The van der Waals surface area contributed by atoms with Gasteiger partial charge < -0.3 is 14.5 Å². The maximum Gasteiger partial charge on any atom is 0.269 e. The molecular formula is C16H19N3O6S. The first kappa shape index (κ1) is 19.5. The average Bonchev–Trinajstić information content (AvgIpc) is 2.90. The minimum Gasteiger partial charge on any atom is -0.495 e. The zero-order valence-corrected chi connectivity index (χ0v) is 15.5. The van der Waals surface area contributed by atoms with Gasteiger partial charge in [0.1, 0.15) is 17.3 Å². The minimum atomic E-state index is -4.07. The van der Waals surface area contributed by atoms with E-state index in [1.807, 2.05) is 4.83 Å². The molecule has 0 spiro atoms. The van der Waals surface area contributed by atoms with Crippen LogP contribution in [0, 0.1) is 13.8 Å². The highest BCUT2D eigenvalue weighted by atomic mass is 32.2. The highest BCUT2D eigenvalue weighted by Crippen LogP contribution is 2.27. The molecule has 0 atom stereocenters. The standard InChI is InChI=1S/C16H19N3O6S/c1-9-7-13(10(2)25-9)16(21)18-19-26(22,23)12-5-6-15(24-4)14(8-12)17-11(3)20/h5-8,19H,1-4H3,(H,17,20)(H,18,21). The van der Waals surface area contributed by atoms with Crippen LogP contribution >= 0.6 is 0 Å². The number of hydrogen-bond acceptors (Lipinski definition) is 6. The Labute approximate surface area is 150 Å². The summed E-state index contributed by atoms with van der Waals surface area (Å²) in [5.74, 6) is 0.165. The van der Waals surface area contributed by atoms with Gasteiger partial charge >= 0.3 is 0 Å². The van der Waals surface area contributed by atoms with Crippen molar-refractivity contribution in [3.63, 3.8) is 0 Å². The van der Waals surface area contributed by atoms with Gasteiger partial charge in [-0.3, -0.25) is 15.0 Å². The average molecular weight is 381 g/mol. The van der Waals surface area contributed by atoms with Gasteiger partial charge in [0.15, 0.2) is 0 Å². The van der Waals surface area contributed by atoms with E-state index in [2.05, 4.69) is 10.7 Å². The highest BCUT2D eigenvalue weighted by molar-refractivity contribution is 7.89. The lowest BCUT2D eigenvalue weighted by Gasteiger charge is -2.12. The van der Waals surface area contributed by atoms with Crippen molar-refractivity contribution < 1.29 is 27.2 Å². The number of nitrogens with one attached hydrogen (secondary N) is 3. The summed E-state index contributed by atoms with van der Waals surface area (Å²) in [6.07, 6.45) is 0. The summed E-state index contributed by atoms with van der Waals surface area (Å²) in [6.45, 7) is 4.56. The van der Waals surface area contributed by atoms with Crippen LogP contribution < -0.4 is 20.3 Å². The maximum atomic E-state index is 12.4. The van der Waals surface area contributed by atoms with Gasteiger partial charge in [-0.1, -0.05) is 0 Å². The van der Waals surface area contributed by atoms with Crippen LogP contribution in [0.25, 0.3) is 0 Å². The maximum absolute atomic E-state index is 12.4. The third-order valence-electron chi connectivity index (χ3n) is 3.38. The second-order valence-corrected chi connectivity index (χ2v) is 7.11. The van der Waals surface area contributed by atoms with E-state index in [4.69, 9.17) is 9.15 Å². The number of ether oxygens (including phenoxy) is 1. The monoisotopic (exact) mass is 381 g/mol. The van der Waals surface area contributed by atoms with E-state index in [9.17, 15) is 18.0 Å². The van der Waals surface area contributed by atoms with E-state index >= 15 is 0 Å². The normalized spacial score (nSPS) is 11.1. The molecule has 0 fully saturated rings. The van der Waals surface area contributed by atoms with Gasteiger partial charge in [0.05, 0.1) is 23.3 Å². The van der Waals surface area contributed by atoms with Crippen molar-refractivity contribution in [3.05, 3.63) is 41.3 Å². The summed E-state index contributed by atoms with van der Waals surface area (Å²) in [5, 5.41) is 2.48.